The van der Waals surface area contributed by atoms with E-state index in [-0.39, 0.29) is 0 Å². The number of hydrogen-bond donors (Lipinski definition) is 1. The van der Waals surface area contributed by atoms with Gasteiger partial charge in [-0.3, -0.25) is 0 Å². The average Bonchev–Trinajstić information content (AvgIpc) is 2.32. The molecule has 0 spiro atoms. The smallest absolute Gasteiger partial charge is 0.0368 e. The highest BCUT2D eigenvalue weighted by molar-refractivity contribution is 5.50. The van der Waals surface area contributed by atoms with Crippen LogP contribution in [0.1, 0.15) is 37.3 Å². The van der Waals surface area contributed by atoms with Crippen LogP contribution in [-0.4, -0.2) is 26.7 Å². The zero-order valence-corrected chi connectivity index (χ0v) is 12.4. The maximum Gasteiger partial charge on any atom is 0.0368 e. The molecule has 2 nitrogen and oxygen atoms in total. The van der Waals surface area contributed by atoms with Gasteiger partial charge in [-0.1, -0.05) is 19.4 Å². The summed E-state index contributed by atoms with van der Waals surface area (Å²) in [5.74, 6) is 0. The summed E-state index contributed by atoms with van der Waals surface area (Å²) in [7, 11) is 2.19. The van der Waals surface area contributed by atoms with Crippen molar-refractivity contribution in [2.75, 3.05) is 31.6 Å². The average molecular weight is 248 g/mol. The molecule has 0 bridgehead atoms. The van der Waals surface area contributed by atoms with Gasteiger partial charge in [0.25, 0.3) is 0 Å². The van der Waals surface area contributed by atoms with Gasteiger partial charge in [0.1, 0.15) is 0 Å². The first-order valence-corrected chi connectivity index (χ1v) is 7.13. The van der Waals surface area contributed by atoms with E-state index in [0.29, 0.717) is 0 Å². The molecule has 0 amide bonds. The Bertz CT molecular complexity index is 327. The zero-order chi connectivity index (χ0) is 13.4. The van der Waals surface area contributed by atoms with E-state index in [1.165, 1.54) is 36.1 Å². The third-order valence-electron chi connectivity index (χ3n) is 3.24. The lowest BCUT2D eigenvalue weighted by molar-refractivity contribution is 0.615. The summed E-state index contributed by atoms with van der Waals surface area (Å²) in [5.41, 5.74) is 4.05. The molecule has 0 aliphatic heterocycles. The number of aryl methyl sites for hydroxylation is 2. The Balaban J connectivity index is 2.29. The van der Waals surface area contributed by atoms with E-state index in [1.54, 1.807) is 0 Å². The quantitative estimate of drug-likeness (QED) is 0.708. The monoisotopic (exact) mass is 248 g/mol. The summed E-state index contributed by atoms with van der Waals surface area (Å²) in [4.78, 5) is 2.37. The third-order valence-corrected chi connectivity index (χ3v) is 3.24. The fourth-order valence-corrected chi connectivity index (χ4v) is 2.25. The number of unbranched alkanes of at least 4 members (excludes halogenated alkanes) is 2. The first kappa shape index (κ1) is 15.0. The summed E-state index contributed by atoms with van der Waals surface area (Å²) in [6, 6.07) is 6.77. The van der Waals surface area contributed by atoms with Gasteiger partial charge >= 0.3 is 0 Å². The van der Waals surface area contributed by atoms with Crippen LogP contribution < -0.4 is 10.2 Å². The van der Waals surface area contributed by atoms with Crippen molar-refractivity contribution in [3.63, 3.8) is 0 Å². The van der Waals surface area contributed by atoms with Gasteiger partial charge in [-0.25, -0.2) is 0 Å². The van der Waals surface area contributed by atoms with E-state index in [1.807, 2.05) is 0 Å². The Morgan fingerprint density at radius 2 is 1.67 bits per heavy atom. The molecular formula is C16H28N2. The Labute approximate surface area is 112 Å². The molecule has 18 heavy (non-hydrogen) atoms. The predicted octanol–water partition coefficient (Wildman–Crippen LogP) is 3.52. The zero-order valence-electron chi connectivity index (χ0n) is 12.4. The summed E-state index contributed by atoms with van der Waals surface area (Å²) < 4.78 is 0. The molecule has 1 N–H and O–H groups in total. The van der Waals surface area contributed by atoms with Gasteiger partial charge in [0, 0.05) is 19.3 Å². The van der Waals surface area contributed by atoms with Crippen LogP contribution in [0.2, 0.25) is 0 Å². The summed E-state index contributed by atoms with van der Waals surface area (Å²) in [6.45, 7) is 9.89. The molecule has 0 atom stereocenters. The first-order valence-electron chi connectivity index (χ1n) is 7.13. The molecule has 102 valence electrons. The Morgan fingerprint density at radius 3 is 2.28 bits per heavy atom. The topological polar surface area (TPSA) is 15.3 Å². The van der Waals surface area contributed by atoms with Crippen LogP contribution in [0, 0.1) is 13.8 Å². The Morgan fingerprint density at radius 1 is 1.00 bits per heavy atom. The molecule has 1 aromatic rings. The van der Waals surface area contributed by atoms with Crippen LogP contribution in [-0.2, 0) is 0 Å². The van der Waals surface area contributed by atoms with Crippen molar-refractivity contribution in [2.24, 2.45) is 0 Å². The molecule has 0 aliphatic rings. The van der Waals surface area contributed by atoms with Crippen molar-refractivity contribution in [1.29, 1.82) is 0 Å². The second kappa shape index (κ2) is 8.15. The highest BCUT2D eigenvalue weighted by Gasteiger charge is 2.02. The summed E-state index contributed by atoms with van der Waals surface area (Å²) in [6.07, 6.45) is 3.87. The van der Waals surface area contributed by atoms with E-state index in [9.17, 15) is 0 Å². The van der Waals surface area contributed by atoms with Crippen LogP contribution in [0.15, 0.2) is 18.2 Å². The number of nitrogens with zero attached hydrogens (tertiary/aromatic N) is 1. The minimum absolute atomic E-state index is 1.09. The van der Waals surface area contributed by atoms with Crippen LogP contribution in [0.4, 0.5) is 5.69 Å². The number of hydrogen-bond acceptors (Lipinski definition) is 2. The SMILES string of the molecule is CCNCCCCCN(C)c1cc(C)cc(C)c1. The number of anilines is 1. The molecule has 0 aliphatic carbocycles. The Kier molecular flexibility index (Phi) is 6.81. The van der Waals surface area contributed by atoms with Crippen molar-refractivity contribution >= 4 is 5.69 Å². The molecule has 2 heteroatoms. The van der Waals surface area contributed by atoms with Gasteiger partial charge in [-0.05, 0) is 63.0 Å². The summed E-state index contributed by atoms with van der Waals surface area (Å²) in [5, 5.41) is 3.37. The van der Waals surface area contributed by atoms with Crippen molar-refractivity contribution in [3.8, 4) is 0 Å². The lowest BCUT2D eigenvalue weighted by Crippen LogP contribution is -2.19. The fourth-order valence-electron chi connectivity index (χ4n) is 2.25. The van der Waals surface area contributed by atoms with Crippen molar-refractivity contribution in [3.05, 3.63) is 29.3 Å². The largest absolute Gasteiger partial charge is 0.375 e. The van der Waals surface area contributed by atoms with Crippen LogP contribution >= 0.6 is 0 Å². The van der Waals surface area contributed by atoms with Crippen LogP contribution in [0.5, 0.6) is 0 Å². The molecule has 0 fully saturated rings. The minimum Gasteiger partial charge on any atom is -0.375 e. The number of nitrogens with one attached hydrogen (secondary N) is 1. The standard InChI is InChI=1S/C16H28N2/c1-5-17-9-7-6-8-10-18(4)16-12-14(2)11-15(3)13-16/h11-13,17H,5-10H2,1-4H3. The lowest BCUT2D eigenvalue weighted by Gasteiger charge is -2.20. The Hall–Kier alpha value is -1.02. The molecule has 0 saturated carbocycles. The van der Waals surface area contributed by atoms with Crippen molar-refractivity contribution < 1.29 is 0 Å². The molecule has 1 aromatic carbocycles. The van der Waals surface area contributed by atoms with Gasteiger partial charge < -0.3 is 10.2 Å². The maximum absolute atomic E-state index is 3.37. The molecule has 0 heterocycles. The molecule has 1 rings (SSSR count). The normalized spacial score (nSPS) is 10.7. The number of rotatable bonds is 8. The summed E-state index contributed by atoms with van der Waals surface area (Å²) >= 11 is 0. The second-order valence-corrected chi connectivity index (χ2v) is 5.18. The van der Waals surface area contributed by atoms with Gasteiger partial charge in [0.2, 0.25) is 0 Å². The van der Waals surface area contributed by atoms with E-state index >= 15 is 0 Å². The minimum atomic E-state index is 1.09. The fraction of sp³-hybridized carbons (Fsp3) is 0.625. The third kappa shape index (κ3) is 5.54. The van der Waals surface area contributed by atoms with E-state index in [4.69, 9.17) is 0 Å². The van der Waals surface area contributed by atoms with Crippen LogP contribution in [0.3, 0.4) is 0 Å². The second-order valence-electron chi connectivity index (χ2n) is 5.18. The van der Waals surface area contributed by atoms with Gasteiger partial charge in [-0.15, -0.1) is 0 Å². The van der Waals surface area contributed by atoms with E-state index in [0.717, 1.165) is 19.6 Å². The van der Waals surface area contributed by atoms with Crippen molar-refractivity contribution in [2.45, 2.75) is 40.0 Å². The predicted molar refractivity (Wildman–Crippen MR) is 81.6 cm³/mol. The maximum atomic E-state index is 3.37. The molecule has 0 unspecified atom stereocenters. The number of benzene rings is 1. The van der Waals surface area contributed by atoms with E-state index < -0.39 is 0 Å². The highest BCUT2D eigenvalue weighted by Crippen LogP contribution is 2.17. The van der Waals surface area contributed by atoms with Crippen molar-refractivity contribution in [1.82, 2.24) is 5.32 Å². The van der Waals surface area contributed by atoms with Gasteiger partial charge in [0.05, 0.1) is 0 Å². The molecular weight excluding hydrogens is 220 g/mol. The highest BCUT2D eigenvalue weighted by atomic mass is 15.1. The lowest BCUT2D eigenvalue weighted by atomic mass is 10.1. The molecule has 0 saturated heterocycles. The van der Waals surface area contributed by atoms with Crippen LogP contribution in [0.25, 0.3) is 0 Å². The van der Waals surface area contributed by atoms with E-state index in [2.05, 4.69) is 56.2 Å². The van der Waals surface area contributed by atoms with Gasteiger partial charge in [0.15, 0.2) is 0 Å². The molecule has 0 radical (unpaired) electrons. The first-order chi connectivity index (χ1) is 8.63. The van der Waals surface area contributed by atoms with Gasteiger partial charge in [-0.2, -0.15) is 0 Å². The molecule has 0 aromatic heterocycles.